The zero-order valence-corrected chi connectivity index (χ0v) is 12.9. The van der Waals surface area contributed by atoms with Gasteiger partial charge in [-0.15, -0.1) is 11.3 Å². The van der Waals surface area contributed by atoms with E-state index >= 15 is 0 Å². The van der Waals surface area contributed by atoms with E-state index in [0.717, 1.165) is 10.2 Å². The molecule has 0 radical (unpaired) electrons. The average Bonchev–Trinajstić information content (AvgIpc) is 2.72. The van der Waals surface area contributed by atoms with E-state index in [1.807, 2.05) is 12.1 Å². The van der Waals surface area contributed by atoms with E-state index in [1.165, 1.54) is 4.88 Å². The van der Waals surface area contributed by atoms with Crippen LogP contribution in [0.5, 0.6) is 0 Å². The van der Waals surface area contributed by atoms with Crippen molar-refractivity contribution in [2.45, 2.75) is 13.0 Å². The lowest BCUT2D eigenvalue weighted by molar-refractivity contribution is 0.908. The molecule has 5 heteroatoms. The van der Waals surface area contributed by atoms with Crippen LogP contribution in [0, 0.1) is 0 Å². The number of anilines is 1. The molecule has 1 unspecified atom stereocenters. The highest BCUT2D eigenvalue weighted by Crippen LogP contribution is 2.33. The topological polar surface area (TPSA) is 12.0 Å². The van der Waals surface area contributed by atoms with Crippen LogP contribution in [0.2, 0.25) is 10.0 Å². The Morgan fingerprint density at radius 1 is 1.35 bits per heavy atom. The summed E-state index contributed by atoms with van der Waals surface area (Å²) in [7, 11) is 0. The molecule has 1 N–H and O–H groups in total. The standard InChI is InChI=1S/C12H10BrCl2NS/c1-7(11-5-8(13)6-17-11)16-10-4-2-3-9(14)12(10)15/h2-7,16H,1H3. The summed E-state index contributed by atoms with van der Waals surface area (Å²) in [4.78, 5) is 1.24. The maximum Gasteiger partial charge on any atom is 0.0823 e. The van der Waals surface area contributed by atoms with Gasteiger partial charge in [0.1, 0.15) is 0 Å². The van der Waals surface area contributed by atoms with Gasteiger partial charge in [-0.05, 0) is 41.1 Å². The van der Waals surface area contributed by atoms with Gasteiger partial charge < -0.3 is 5.32 Å². The Hall–Kier alpha value is -0.220. The molecule has 0 saturated carbocycles. The van der Waals surface area contributed by atoms with Crippen LogP contribution in [-0.2, 0) is 0 Å². The highest BCUT2D eigenvalue weighted by atomic mass is 79.9. The van der Waals surface area contributed by atoms with Gasteiger partial charge in [-0.25, -0.2) is 0 Å². The molecule has 2 aromatic rings. The van der Waals surface area contributed by atoms with E-state index in [2.05, 4.69) is 39.6 Å². The first-order valence-corrected chi connectivity index (χ1v) is 7.45. The Balaban J connectivity index is 2.18. The highest BCUT2D eigenvalue weighted by Gasteiger charge is 2.11. The largest absolute Gasteiger partial charge is 0.376 e. The quantitative estimate of drug-likeness (QED) is 0.716. The second-order valence-electron chi connectivity index (χ2n) is 3.63. The van der Waals surface area contributed by atoms with Crippen LogP contribution in [-0.4, -0.2) is 0 Å². The summed E-state index contributed by atoms with van der Waals surface area (Å²) in [6.45, 7) is 2.09. The SMILES string of the molecule is CC(Nc1cccc(Cl)c1Cl)c1cc(Br)cs1. The molecule has 0 amide bonds. The fourth-order valence-electron chi connectivity index (χ4n) is 1.47. The Morgan fingerprint density at radius 3 is 2.76 bits per heavy atom. The number of hydrogen-bond acceptors (Lipinski definition) is 2. The van der Waals surface area contributed by atoms with Gasteiger partial charge in [-0.1, -0.05) is 29.3 Å². The molecule has 17 heavy (non-hydrogen) atoms. The maximum absolute atomic E-state index is 6.13. The average molecular weight is 351 g/mol. The lowest BCUT2D eigenvalue weighted by atomic mass is 10.2. The molecule has 1 aromatic heterocycles. The van der Waals surface area contributed by atoms with Gasteiger partial charge in [0.15, 0.2) is 0 Å². The van der Waals surface area contributed by atoms with Crippen molar-refractivity contribution in [3.05, 3.63) is 49.0 Å². The van der Waals surface area contributed by atoms with Crippen molar-refractivity contribution < 1.29 is 0 Å². The van der Waals surface area contributed by atoms with Crippen LogP contribution >= 0.6 is 50.5 Å². The fraction of sp³-hybridized carbons (Fsp3) is 0.167. The summed E-state index contributed by atoms with van der Waals surface area (Å²) in [5, 5.41) is 6.55. The molecule has 90 valence electrons. The second kappa shape index (κ2) is 5.61. The number of hydrogen-bond donors (Lipinski definition) is 1. The molecular weight excluding hydrogens is 341 g/mol. The Bertz CT molecular complexity index is 527. The van der Waals surface area contributed by atoms with Crippen molar-refractivity contribution in [2.75, 3.05) is 5.32 Å². The Labute approximate surface area is 123 Å². The first kappa shape index (κ1) is 13.2. The molecule has 1 aromatic carbocycles. The minimum absolute atomic E-state index is 0.197. The summed E-state index contributed by atoms with van der Waals surface area (Å²) < 4.78 is 1.10. The molecule has 0 aliphatic rings. The molecule has 0 aliphatic carbocycles. The van der Waals surface area contributed by atoms with Crippen LogP contribution in [0.4, 0.5) is 5.69 Å². The fourth-order valence-corrected chi connectivity index (χ4v) is 3.28. The molecule has 0 bridgehead atoms. The van der Waals surface area contributed by atoms with Crippen molar-refractivity contribution >= 4 is 56.2 Å². The first-order chi connectivity index (χ1) is 8.08. The van der Waals surface area contributed by atoms with Gasteiger partial charge in [0.05, 0.1) is 21.8 Å². The van der Waals surface area contributed by atoms with E-state index in [1.54, 1.807) is 17.4 Å². The van der Waals surface area contributed by atoms with Gasteiger partial charge >= 0.3 is 0 Å². The molecular formula is C12H10BrCl2NS. The summed E-state index contributed by atoms with van der Waals surface area (Å²) in [5.74, 6) is 0. The van der Waals surface area contributed by atoms with Crippen molar-refractivity contribution in [2.24, 2.45) is 0 Å². The van der Waals surface area contributed by atoms with Crippen molar-refractivity contribution in [3.63, 3.8) is 0 Å². The molecule has 0 aliphatic heterocycles. The van der Waals surface area contributed by atoms with Gasteiger partial charge in [0.2, 0.25) is 0 Å². The molecule has 0 saturated heterocycles. The smallest absolute Gasteiger partial charge is 0.0823 e. The molecule has 1 nitrogen and oxygen atoms in total. The first-order valence-electron chi connectivity index (χ1n) is 5.02. The summed E-state index contributed by atoms with van der Waals surface area (Å²) in [6.07, 6.45) is 0. The van der Waals surface area contributed by atoms with Crippen molar-refractivity contribution in [3.8, 4) is 0 Å². The number of thiophene rings is 1. The van der Waals surface area contributed by atoms with Crippen LogP contribution in [0.15, 0.2) is 34.1 Å². The van der Waals surface area contributed by atoms with E-state index in [-0.39, 0.29) is 6.04 Å². The number of benzene rings is 1. The predicted molar refractivity (Wildman–Crippen MR) is 80.5 cm³/mol. The number of nitrogens with one attached hydrogen (secondary N) is 1. The van der Waals surface area contributed by atoms with Crippen LogP contribution in [0.3, 0.4) is 0 Å². The third-order valence-corrected chi connectivity index (χ3v) is 5.03. The summed E-state index contributed by atoms with van der Waals surface area (Å²) in [6, 6.07) is 7.88. The second-order valence-corrected chi connectivity index (χ2v) is 6.28. The van der Waals surface area contributed by atoms with Gasteiger partial charge in [-0.2, -0.15) is 0 Å². The minimum Gasteiger partial charge on any atom is -0.376 e. The molecule has 0 spiro atoms. The molecule has 0 fully saturated rings. The highest BCUT2D eigenvalue weighted by molar-refractivity contribution is 9.10. The van der Waals surface area contributed by atoms with Gasteiger partial charge in [-0.3, -0.25) is 0 Å². The lowest BCUT2D eigenvalue weighted by Crippen LogP contribution is -2.05. The molecule has 1 atom stereocenters. The van der Waals surface area contributed by atoms with Crippen molar-refractivity contribution in [1.29, 1.82) is 0 Å². The maximum atomic E-state index is 6.13. The third-order valence-electron chi connectivity index (χ3n) is 2.34. The van der Waals surface area contributed by atoms with E-state index < -0.39 is 0 Å². The van der Waals surface area contributed by atoms with Crippen LogP contribution in [0.25, 0.3) is 0 Å². The normalized spacial score (nSPS) is 12.5. The number of halogens is 3. The van der Waals surface area contributed by atoms with Gasteiger partial charge in [0.25, 0.3) is 0 Å². The third kappa shape index (κ3) is 3.16. The minimum atomic E-state index is 0.197. The molecule has 1 heterocycles. The van der Waals surface area contributed by atoms with Crippen LogP contribution in [0.1, 0.15) is 17.8 Å². The summed E-state index contributed by atoms with van der Waals surface area (Å²) in [5.41, 5.74) is 0.858. The Morgan fingerprint density at radius 2 is 2.12 bits per heavy atom. The molecule has 2 rings (SSSR count). The predicted octanol–water partition coefficient (Wildman–Crippen LogP) is 5.99. The summed E-state index contributed by atoms with van der Waals surface area (Å²) >= 11 is 17.2. The zero-order valence-electron chi connectivity index (χ0n) is 9.01. The van der Waals surface area contributed by atoms with E-state index in [9.17, 15) is 0 Å². The number of rotatable bonds is 3. The zero-order chi connectivity index (χ0) is 12.4. The lowest BCUT2D eigenvalue weighted by Gasteiger charge is -2.15. The van der Waals surface area contributed by atoms with E-state index in [0.29, 0.717) is 10.0 Å². The van der Waals surface area contributed by atoms with Crippen LogP contribution < -0.4 is 5.32 Å². The van der Waals surface area contributed by atoms with Gasteiger partial charge in [0, 0.05) is 14.7 Å². The monoisotopic (exact) mass is 349 g/mol. The van der Waals surface area contributed by atoms with Crippen molar-refractivity contribution in [1.82, 2.24) is 0 Å². The van der Waals surface area contributed by atoms with E-state index in [4.69, 9.17) is 23.2 Å². The Kier molecular flexibility index (Phi) is 4.36.